The highest BCUT2D eigenvalue weighted by Gasteiger charge is 2.10. The van der Waals surface area contributed by atoms with Gasteiger partial charge in [-0.15, -0.1) is 0 Å². The van der Waals surface area contributed by atoms with Crippen molar-refractivity contribution in [1.82, 2.24) is 0 Å². The van der Waals surface area contributed by atoms with E-state index in [-0.39, 0.29) is 12.4 Å². The van der Waals surface area contributed by atoms with Crippen LogP contribution in [0.25, 0.3) is 0 Å². The van der Waals surface area contributed by atoms with E-state index in [1.54, 1.807) is 12.1 Å². The van der Waals surface area contributed by atoms with E-state index in [1.807, 2.05) is 0 Å². The first kappa shape index (κ1) is 9.80. The minimum atomic E-state index is -0.477. The highest BCUT2D eigenvalue weighted by atomic mass is 16.5. The summed E-state index contributed by atoms with van der Waals surface area (Å²) >= 11 is 0. The second kappa shape index (κ2) is 4.67. The lowest BCUT2D eigenvalue weighted by Crippen LogP contribution is -1.98. The molecule has 0 atom stereocenters. The lowest BCUT2D eigenvalue weighted by Gasteiger charge is -1.94. The van der Waals surface area contributed by atoms with Gasteiger partial charge < -0.3 is 14.3 Å². The van der Waals surface area contributed by atoms with Crippen LogP contribution in [0.15, 0.2) is 16.5 Å². The van der Waals surface area contributed by atoms with Crippen LogP contribution in [0.2, 0.25) is 0 Å². The van der Waals surface area contributed by atoms with Crippen molar-refractivity contribution < 1.29 is 19.1 Å². The van der Waals surface area contributed by atoms with Crippen molar-refractivity contribution in [3.8, 4) is 0 Å². The molecule has 1 heterocycles. The second-order valence-corrected chi connectivity index (χ2v) is 2.58. The van der Waals surface area contributed by atoms with Gasteiger partial charge in [-0.05, 0) is 18.6 Å². The quantitative estimate of drug-likeness (QED) is 0.709. The molecule has 0 aliphatic rings. The maximum Gasteiger partial charge on any atom is 0.373 e. The normalized spacial score (nSPS) is 10.0. The summed E-state index contributed by atoms with van der Waals surface area (Å²) in [6.07, 6.45) is 1.27. The number of aliphatic hydroxyl groups is 1. The minimum Gasteiger partial charge on any atom is -0.463 e. The SMILES string of the molecule is COC(=O)c1ccc(CCCO)o1. The van der Waals surface area contributed by atoms with Crippen LogP contribution in [0.4, 0.5) is 0 Å². The average molecular weight is 184 g/mol. The van der Waals surface area contributed by atoms with Crippen molar-refractivity contribution in [2.75, 3.05) is 13.7 Å². The number of hydrogen-bond donors (Lipinski definition) is 1. The molecule has 1 N–H and O–H groups in total. The smallest absolute Gasteiger partial charge is 0.373 e. The van der Waals surface area contributed by atoms with Gasteiger partial charge in [-0.2, -0.15) is 0 Å². The Bertz CT molecular complexity index is 277. The third-order valence-corrected chi connectivity index (χ3v) is 1.63. The van der Waals surface area contributed by atoms with E-state index >= 15 is 0 Å². The Kier molecular flexibility index (Phi) is 3.52. The highest BCUT2D eigenvalue weighted by Crippen LogP contribution is 2.10. The molecule has 1 aromatic rings. The lowest BCUT2D eigenvalue weighted by atomic mass is 10.3. The maximum absolute atomic E-state index is 10.9. The van der Waals surface area contributed by atoms with E-state index in [0.29, 0.717) is 18.6 Å². The van der Waals surface area contributed by atoms with E-state index in [2.05, 4.69) is 4.74 Å². The van der Waals surface area contributed by atoms with E-state index < -0.39 is 5.97 Å². The summed E-state index contributed by atoms with van der Waals surface area (Å²) in [5.41, 5.74) is 0. The molecule has 1 aromatic heterocycles. The minimum absolute atomic E-state index is 0.119. The fraction of sp³-hybridized carbons (Fsp3) is 0.444. The summed E-state index contributed by atoms with van der Waals surface area (Å²) in [7, 11) is 1.30. The molecule has 72 valence electrons. The molecular weight excluding hydrogens is 172 g/mol. The Morgan fingerprint density at radius 1 is 1.62 bits per heavy atom. The third kappa shape index (κ3) is 2.59. The molecule has 0 spiro atoms. The van der Waals surface area contributed by atoms with Crippen LogP contribution < -0.4 is 0 Å². The van der Waals surface area contributed by atoms with Crippen LogP contribution >= 0.6 is 0 Å². The van der Waals surface area contributed by atoms with E-state index in [1.165, 1.54) is 7.11 Å². The van der Waals surface area contributed by atoms with Crippen LogP contribution in [-0.2, 0) is 11.2 Å². The molecule has 0 saturated heterocycles. The Morgan fingerprint density at radius 2 is 2.38 bits per heavy atom. The predicted octanol–water partition coefficient (Wildman–Crippen LogP) is 0.991. The molecule has 0 aliphatic heterocycles. The van der Waals surface area contributed by atoms with Crippen molar-refractivity contribution in [2.45, 2.75) is 12.8 Å². The summed E-state index contributed by atoms with van der Waals surface area (Å²) in [5, 5.41) is 8.56. The van der Waals surface area contributed by atoms with Gasteiger partial charge in [-0.25, -0.2) is 4.79 Å². The van der Waals surface area contributed by atoms with Gasteiger partial charge in [-0.1, -0.05) is 0 Å². The number of aryl methyl sites for hydroxylation is 1. The number of esters is 1. The van der Waals surface area contributed by atoms with Gasteiger partial charge in [0.05, 0.1) is 7.11 Å². The number of carbonyl (C=O) groups is 1. The first-order chi connectivity index (χ1) is 6.27. The molecule has 0 bridgehead atoms. The fourth-order valence-corrected chi connectivity index (χ4v) is 0.976. The van der Waals surface area contributed by atoms with Gasteiger partial charge >= 0.3 is 5.97 Å². The first-order valence-electron chi connectivity index (χ1n) is 4.06. The van der Waals surface area contributed by atoms with Gasteiger partial charge in [0, 0.05) is 13.0 Å². The zero-order valence-corrected chi connectivity index (χ0v) is 7.45. The molecule has 0 aliphatic carbocycles. The third-order valence-electron chi connectivity index (χ3n) is 1.63. The topological polar surface area (TPSA) is 59.7 Å². The van der Waals surface area contributed by atoms with E-state index in [0.717, 1.165) is 0 Å². The van der Waals surface area contributed by atoms with Crippen LogP contribution in [0.5, 0.6) is 0 Å². The predicted molar refractivity (Wildman–Crippen MR) is 45.5 cm³/mol. The van der Waals surface area contributed by atoms with E-state index in [4.69, 9.17) is 9.52 Å². The van der Waals surface area contributed by atoms with Crippen molar-refractivity contribution in [2.24, 2.45) is 0 Å². The molecule has 4 nitrogen and oxygen atoms in total. The standard InChI is InChI=1S/C9H12O4/c1-12-9(11)8-5-4-7(13-8)3-2-6-10/h4-5,10H,2-3,6H2,1H3. The molecule has 1 rings (SSSR count). The monoisotopic (exact) mass is 184 g/mol. The van der Waals surface area contributed by atoms with Gasteiger partial charge in [0.25, 0.3) is 0 Å². The van der Waals surface area contributed by atoms with Gasteiger partial charge in [0.1, 0.15) is 5.76 Å². The van der Waals surface area contributed by atoms with Crippen molar-refractivity contribution in [3.63, 3.8) is 0 Å². The Hall–Kier alpha value is -1.29. The maximum atomic E-state index is 10.9. The van der Waals surface area contributed by atoms with Crippen LogP contribution in [-0.4, -0.2) is 24.8 Å². The molecule has 0 amide bonds. The number of carbonyl (C=O) groups excluding carboxylic acids is 1. The average Bonchev–Trinajstić information content (AvgIpc) is 2.62. The molecule has 13 heavy (non-hydrogen) atoms. The van der Waals surface area contributed by atoms with Crippen LogP contribution in [0, 0.1) is 0 Å². The Balaban J connectivity index is 2.58. The second-order valence-electron chi connectivity index (χ2n) is 2.58. The number of hydrogen-bond acceptors (Lipinski definition) is 4. The van der Waals surface area contributed by atoms with Gasteiger partial charge in [-0.3, -0.25) is 0 Å². The molecule has 0 saturated carbocycles. The highest BCUT2D eigenvalue weighted by molar-refractivity contribution is 5.86. The molecule has 0 unspecified atom stereocenters. The Morgan fingerprint density at radius 3 is 3.00 bits per heavy atom. The summed E-state index contributed by atoms with van der Waals surface area (Å²) in [5.74, 6) is 0.417. The number of ether oxygens (including phenoxy) is 1. The number of rotatable bonds is 4. The van der Waals surface area contributed by atoms with Gasteiger partial charge in [0.2, 0.25) is 5.76 Å². The fourth-order valence-electron chi connectivity index (χ4n) is 0.976. The summed E-state index contributed by atoms with van der Waals surface area (Å²) in [6, 6.07) is 3.28. The Labute approximate surface area is 76.1 Å². The van der Waals surface area contributed by atoms with Crippen LogP contribution in [0.1, 0.15) is 22.7 Å². The zero-order chi connectivity index (χ0) is 9.68. The van der Waals surface area contributed by atoms with E-state index in [9.17, 15) is 4.79 Å². The van der Waals surface area contributed by atoms with Gasteiger partial charge in [0.15, 0.2) is 0 Å². The lowest BCUT2D eigenvalue weighted by molar-refractivity contribution is 0.0563. The largest absolute Gasteiger partial charge is 0.463 e. The first-order valence-corrected chi connectivity index (χ1v) is 4.06. The van der Waals surface area contributed by atoms with Crippen molar-refractivity contribution in [1.29, 1.82) is 0 Å². The summed E-state index contributed by atoms with van der Waals surface area (Å²) in [6.45, 7) is 0.119. The molecule has 0 fully saturated rings. The van der Waals surface area contributed by atoms with Crippen molar-refractivity contribution in [3.05, 3.63) is 23.7 Å². The summed E-state index contributed by atoms with van der Waals surface area (Å²) < 4.78 is 9.62. The summed E-state index contributed by atoms with van der Waals surface area (Å²) in [4.78, 5) is 10.9. The molecule has 4 heteroatoms. The number of furan rings is 1. The zero-order valence-electron chi connectivity index (χ0n) is 7.45. The number of methoxy groups -OCH3 is 1. The van der Waals surface area contributed by atoms with Crippen molar-refractivity contribution >= 4 is 5.97 Å². The molecule has 0 radical (unpaired) electrons. The molecule has 0 aromatic carbocycles. The van der Waals surface area contributed by atoms with Crippen LogP contribution in [0.3, 0.4) is 0 Å². The number of aliphatic hydroxyl groups excluding tert-OH is 1. The molecular formula is C9H12O4.